The number of ether oxygens (including phenoxy) is 1. The highest BCUT2D eigenvalue weighted by Gasteiger charge is 2.16. The molecule has 7 heteroatoms. The second-order valence-electron chi connectivity index (χ2n) is 4.21. The van der Waals surface area contributed by atoms with E-state index in [0.717, 1.165) is 19.4 Å². The van der Waals surface area contributed by atoms with Crippen LogP contribution < -0.4 is 10.6 Å². The first-order chi connectivity index (χ1) is 8.47. The van der Waals surface area contributed by atoms with Crippen molar-refractivity contribution in [1.82, 2.24) is 15.5 Å². The van der Waals surface area contributed by atoms with Crippen molar-refractivity contribution in [2.75, 3.05) is 40.8 Å². The zero-order valence-electron chi connectivity index (χ0n) is 11.2. The van der Waals surface area contributed by atoms with Gasteiger partial charge in [-0.15, -0.1) is 0 Å². The van der Waals surface area contributed by atoms with Crippen molar-refractivity contribution in [3.63, 3.8) is 0 Å². The summed E-state index contributed by atoms with van der Waals surface area (Å²) in [6.45, 7) is 1.51. The van der Waals surface area contributed by atoms with E-state index >= 15 is 0 Å². The zero-order chi connectivity index (χ0) is 14.0. The average Bonchev–Trinajstić information content (AvgIpc) is 2.28. The predicted molar refractivity (Wildman–Crippen MR) is 67.6 cm³/mol. The molecule has 0 heterocycles. The number of urea groups is 1. The fourth-order valence-corrected chi connectivity index (χ4v) is 1.27. The fraction of sp³-hybridized carbons (Fsp3) is 0.818. The van der Waals surface area contributed by atoms with Gasteiger partial charge in [-0.25, -0.2) is 9.59 Å². The molecule has 0 aromatic carbocycles. The molecule has 1 unspecified atom stereocenters. The van der Waals surface area contributed by atoms with E-state index in [9.17, 15) is 9.59 Å². The van der Waals surface area contributed by atoms with Crippen LogP contribution in [0.25, 0.3) is 0 Å². The summed E-state index contributed by atoms with van der Waals surface area (Å²) < 4.78 is 4.68. The minimum Gasteiger partial charge on any atom is -0.479 e. The van der Waals surface area contributed by atoms with Gasteiger partial charge in [-0.3, -0.25) is 0 Å². The second-order valence-corrected chi connectivity index (χ2v) is 4.21. The van der Waals surface area contributed by atoms with Crippen LogP contribution in [0.5, 0.6) is 0 Å². The first-order valence-electron chi connectivity index (χ1n) is 5.89. The van der Waals surface area contributed by atoms with Gasteiger partial charge in [-0.1, -0.05) is 0 Å². The standard InChI is InChI=1S/C11H23N3O4/c1-14(2)7-5-4-6-12-11(17)13-8-9(18-3)10(15)16/h9H,4-8H2,1-3H3,(H,15,16)(H2,12,13,17). The van der Waals surface area contributed by atoms with Crippen LogP contribution in [0.15, 0.2) is 0 Å². The van der Waals surface area contributed by atoms with Crippen molar-refractivity contribution in [3.05, 3.63) is 0 Å². The van der Waals surface area contributed by atoms with Gasteiger partial charge in [0.25, 0.3) is 0 Å². The number of nitrogens with one attached hydrogen (secondary N) is 2. The van der Waals surface area contributed by atoms with Crippen molar-refractivity contribution >= 4 is 12.0 Å². The molecule has 0 aromatic rings. The summed E-state index contributed by atoms with van der Waals surface area (Å²) in [5.41, 5.74) is 0. The van der Waals surface area contributed by atoms with E-state index in [1.165, 1.54) is 7.11 Å². The molecule has 2 amide bonds. The van der Waals surface area contributed by atoms with Gasteiger partial charge in [0.1, 0.15) is 0 Å². The van der Waals surface area contributed by atoms with Gasteiger partial charge < -0.3 is 25.4 Å². The molecule has 0 aromatic heterocycles. The maximum atomic E-state index is 11.3. The molecular formula is C11H23N3O4. The Bertz CT molecular complexity index is 259. The largest absolute Gasteiger partial charge is 0.479 e. The zero-order valence-corrected chi connectivity index (χ0v) is 11.2. The fourth-order valence-electron chi connectivity index (χ4n) is 1.27. The monoisotopic (exact) mass is 261 g/mol. The lowest BCUT2D eigenvalue weighted by Gasteiger charge is -2.12. The van der Waals surface area contributed by atoms with Crippen LogP contribution >= 0.6 is 0 Å². The van der Waals surface area contributed by atoms with Gasteiger partial charge in [0, 0.05) is 13.7 Å². The molecule has 0 bridgehead atoms. The summed E-state index contributed by atoms with van der Waals surface area (Å²) in [6, 6.07) is -0.372. The number of hydrogen-bond donors (Lipinski definition) is 3. The van der Waals surface area contributed by atoms with Crippen molar-refractivity contribution in [2.45, 2.75) is 18.9 Å². The first-order valence-corrected chi connectivity index (χ1v) is 5.89. The lowest BCUT2D eigenvalue weighted by molar-refractivity contribution is -0.147. The number of amides is 2. The molecule has 3 N–H and O–H groups in total. The third-order valence-corrected chi connectivity index (χ3v) is 2.33. The third kappa shape index (κ3) is 8.77. The van der Waals surface area contributed by atoms with Crippen LogP contribution in [-0.2, 0) is 9.53 Å². The summed E-state index contributed by atoms with van der Waals surface area (Å²) in [5, 5.41) is 13.8. The van der Waals surface area contributed by atoms with E-state index in [1.54, 1.807) is 0 Å². The summed E-state index contributed by atoms with van der Waals surface area (Å²) in [4.78, 5) is 24.0. The van der Waals surface area contributed by atoms with E-state index in [4.69, 9.17) is 5.11 Å². The lowest BCUT2D eigenvalue weighted by Crippen LogP contribution is -2.43. The van der Waals surface area contributed by atoms with Gasteiger partial charge in [0.05, 0.1) is 6.54 Å². The average molecular weight is 261 g/mol. The molecule has 0 saturated carbocycles. The summed E-state index contributed by atoms with van der Waals surface area (Å²) in [5.74, 6) is -1.09. The van der Waals surface area contributed by atoms with Crippen LogP contribution in [0.4, 0.5) is 4.79 Å². The number of carboxylic acid groups (broad SMARTS) is 1. The Hall–Kier alpha value is -1.34. The lowest BCUT2D eigenvalue weighted by atomic mass is 10.3. The molecule has 0 saturated heterocycles. The highest BCUT2D eigenvalue weighted by atomic mass is 16.5. The second kappa shape index (κ2) is 9.67. The number of carboxylic acids is 1. The van der Waals surface area contributed by atoms with Crippen molar-refractivity contribution < 1.29 is 19.4 Å². The van der Waals surface area contributed by atoms with Crippen LogP contribution in [0.2, 0.25) is 0 Å². The molecule has 0 radical (unpaired) electrons. The van der Waals surface area contributed by atoms with Crippen LogP contribution in [-0.4, -0.2) is 69.0 Å². The smallest absolute Gasteiger partial charge is 0.334 e. The molecule has 7 nitrogen and oxygen atoms in total. The van der Waals surface area contributed by atoms with Gasteiger partial charge in [-0.05, 0) is 33.5 Å². The number of aliphatic carboxylic acids is 1. The Labute approximate surface area is 107 Å². The van der Waals surface area contributed by atoms with Crippen LogP contribution in [0.3, 0.4) is 0 Å². The van der Waals surface area contributed by atoms with E-state index in [2.05, 4.69) is 20.3 Å². The highest BCUT2D eigenvalue weighted by molar-refractivity contribution is 5.76. The normalized spacial score (nSPS) is 12.2. The van der Waals surface area contributed by atoms with Crippen molar-refractivity contribution in [3.8, 4) is 0 Å². The number of rotatable bonds is 9. The number of carbonyl (C=O) groups excluding carboxylic acids is 1. The minimum absolute atomic E-state index is 0.0463. The third-order valence-electron chi connectivity index (χ3n) is 2.33. The van der Waals surface area contributed by atoms with Gasteiger partial charge in [0.15, 0.2) is 6.10 Å². The number of carbonyl (C=O) groups is 2. The highest BCUT2D eigenvalue weighted by Crippen LogP contribution is 1.89. The van der Waals surface area contributed by atoms with E-state index in [1.807, 2.05) is 14.1 Å². The summed E-state index contributed by atoms with van der Waals surface area (Å²) in [7, 11) is 5.29. The number of methoxy groups -OCH3 is 1. The van der Waals surface area contributed by atoms with Crippen LogP contribution in [0, 0.1) is 0 Å². The SMILES string of the molecule is COC(CNC(=O)NCCCCN(C)C)C(=O)O. The minimum atomic E-state index is -1.09. The molecule has 0 aliphatic carbocycles. The summed E-state index contributed by atoms with van der Waals surface area (Å²) in [6.07, 6.45) is 0.880. The van der Waals surface area contributed by atoms with Crippen molar-refractivity contribution in [2.24, 2.45) is 0 Å². The Morgan fingerprint density at radius 2 is 1.94 bits per heavy atom. The first kappa shape index (κ1) is 16.7. The maximum Gasteiger partial charge on any atom is 0.334 e. The van der Waals surface area contributed by atoms with E-state index < -0.39 is 12.1 Å². The Kier molecular flexibility index (Phi) is 8.95. The molecule has 1 atom stereocenters. The quantitative estimate of drug-likeness (QED) is 0.497. The Morgan fingerprint density at radius 1 is 1.28 bits per heavy atom. The predicted octanol–water partition coefficient (Wildman–Crippen LogP) is -0.273. The van der Waals surface area contributed by atoms with Gasteiger partial charge >= 0.3 is 12.0 Å². The summed E-state index contributed by atoms with van der Waals surface area (Å²) >= 11 is 0. The number of unbranched alkanes of at least 4 members (excludes halogenated alkanes) is 1. The molecule has 0 fully saturated rings. The molecule has 0 aliphatic heterocycles. The topological polar surface area (TPSA) is 90.9 Å². The maximum absolute atomic E-state index is 11.3. The van der Waals surface area contributed by atoms with Crippen molar-refractivity contribution in [1.29, 1.82) is 0 Å². The van der Waals surface area contributed by atoms with Gasteiger partial charge in [-0.2, -0.15) is 0 Å². The van der Waals surface area contributed by atoms with Crippen LogP contribution in [0.1, 0.15) is 12.8 Å². The molecular weight excluding hydrogens is 238 g/mol. The number of hydrogen-bond acceptors (Lipinski definition) is 4. The van der Waals surface area contributed by atoms with E-state index in [0.29, 0.717) is 6.54 Å². The molecule has 0 aliphatic rings. The van der Waals surface area contributed by atoms with E-state index in [-0.39, 0.29) is 12.6 Å². The molecule has 18 heavy (non-hydrogen) atoms. The number of nitrogens with zero attached hydrogens (tertiary/aromatic N) is 1. The molecule has 0 rings (SSSR count). The van der Waals surface area contributed by atoms with Gasteiger partial charge in [0.2, 0.25) is 0 Å². The Balaban J connectivity index is 3.56. The molecule has 106 valence electrons. The molecule has 0 spiro atoms. The Morgan fingerprint density at radius 3 is 2.44 bits per heavy atom.